The third kappa shape index (κ3) is 33.9. The topological polar surface area (TPSA) is 110 Å². The number of rotatable bonds is 39. The Kier molecular flexibility index (Phi) is 37.5. The summed E-state index contributed by atoms with van der Waals surface area (Å²) >= 11 is 0. The van der Waals surface area contributed by atoms with E-state index in [1.807, 2.05) is 0 Å². The summed E-state index contributed by atoms with van der Waals surface area (Å²) in [5.41, 5.74) is 0. The predicted octanol–water partition coefficient (Wildman–Crippen LogP) is 11.0. The Morgan fingerprint density at radius 3 is 1.10 bits per heavy atom. The van der Waals surface area contributed by atoms with Crippen molar-refractivity contribution in [2.75, 3.05) is 6.61 Å². The summed E-state index contributed by atoms with van der Waals surface area (Å²) < 4.78 is 0. The highest BCUT2D eigenvalue weighted by molar-refractivity contribution is 5.80. The highest BCUT2D eigenvalue weighted by Crippen LogP contribution is 2.16. The first-order chi connectivity index (χ1) is 24.0. The Balaban J connectivity index is 3.71. The number of carbonyl (C=O) groups excluding carboxylic acids is 1. The molecule has 49 heavy (non-hydrogen) atoms. The fourth-order valence-corrected chi connectivity index (χ4v) is 6.73. The van der Waals surface area contributed by atoms with Gasteiger partial charge in [-0.3, -0.25) is 4.79 Å². The zero-order valence-corrected chi connectivity index (χ0v) is 32.7. The van der Waals surface area contributed by atoms with E-state index in [0.717, 1.165) is 32.1 Å². The number of amides is 1. The number of hydrogen-bond acceptors (Lipinski definition) is 5. The third-order valence-electron chi connectivity index (χ3n) is 10.2. The molecule has 0 aromatic heterocycles. The summed E-state index contributed by atoms with van der Waals surface area (Å²) in [4.78, 5) is 12.5. The van der Waals surface area contributed by atoms with Gasteiger partial charge in [0.1, 0.15) is 6.10 Å². The van der Waals surface area contributed by atoms with E-state index in [1.54, 1.807) is 6.08 Å². The number of nitrogens with one attached hydrogen (secondary N) is 1. The van der Waals surface area contributed by atoms with Gasteiger partial charge in [-0.25, -0.2) is 0 Å². The third-order valence-corrected chi connectivity index (χ3v) is 10.2. The summed E-state index contributed by atoms with van der Waals surface area (Å²) in [5.74, 6) is -0.564. The first kappa shape index (κ1) is 48.0. The molecule has 0 aromatic carbocycles. The standard InChI is InChI=1S/C43H85NO5/c1-3-5-7-9-11-13-15-16-17-18-19-20-21-22-23-24-25-27-29-31-33-35-42(48)43(49)44-40(38-45)41(47)37-36-39(46)34-32-30-28-26-14-12-10-8-6-4-2/h36-37,39-42,45-48H,3-35,38H2,1-2H3,(H,44,49)/b37-36+/t39-,40+,41-,42?/m1/s1. The molecule has 6 nitrogen and oxygen atoms in total. The van der Waals surface area contributed by atoms with Gasteiger partial charge in [0, 0.05) is 0 Å². The van der Waals surface area contributed by atoms with E-state index in [1.165, 1.54) is 173 Å². The van der Waals surface area contributed by atoms with Gasteiger partial charge in [-0.2, -0.15) is 0 Å². The van der Waals surface area contributed by atoms with Crippen molar-refractivity contribution in [2.45, 2.75) is 250 Å². The molecule has 0 rings (SSSR count). The van der Waals surface area contributed by atoms with E-state index in [9.17, 15) is 25.2 Å². The van der Waals surface area contributed by atoms with Gasteiger partial charge in [-0.1, -0.05) is 225 Å². The van der Waals surface area contributed by atoms with Crippen LogP contribution < -0.4 is 5.32 Å². The maximum Gasteiger partial charge on any atom is 0.249 e. The van der Waals surface area contributed by atoms with E-state index in [-0.39, 0.29) is 0 Å². The Hall–Kier alpha value is -0.950. The van der Waals surface area contributed by atoms with Crippen LogP contribution in [0.2, 0.25) is 0 Å². The number of hydrogen-bond donors (Lipinski definition) is 5. The second kappa shape index (κ2) is 38.3. The minimum atomic E-state index is -1.15. The van der Waals surface area contributed by atoms with Gasteiger partial charge in [-0.05, 0) is 12.8 Å². The van der Waals surface area contributed by atoms with Crippen LogP contribution in [-0.4, -0.2) is 57.3 Å². The van der Waals surface area contributed by atoms with Crippen molar-refractivity contribution in [3.63, 3.8) is 0 Å². The first-order valence-electron chi connectivity index (χ1n) is 21.6. The molecule has 0 saturated heterocycles. The van der Waals surface area contributed by atoms with Gasteiger partial charge in [-0.15, -0.1) is 0 Å². The largest absolute Gasteiger partial charge is 0.394 e. The van der Waals surface area contributed by atoms with Crippen molar-refractivity contribution in [2.24, 2.45) is 0 Å². The normalized spacial score (nSPS) is 14.3. The van der Waals surface area contributed by atoms with E-state index in [2.05, 4.69) is 19.2 Å². The molecule has 6 heteroatoms. The molecule has 5 N–H and O–H groups in total. The van der Waals surface area contributed by atoms with Gasteiger partial charge >= 0.3 is 0 Å². The van der Waals surface area contributed by atoms with Crippen molar-refractivity contribution in [3.05, 3.63) is 12.2 Å². The Bertz CT molecular complexity index is 702. The van der Waals surface area contributed by atoms with Crippen LogP contribution >= 0.6 is 0 Å². The molecule has 292 valence electrons. The lowest BCUT2D eigenvalue weighted by Gasteiger charge is -2.22. The monoisotopic (exact) mass is 696 g/mol. The van der Waals surface area contributed by atoms with Gasteiger partial charge in [0.2, 0.25) is 5.91 Å². The zero-order chi connectivity index (χ0) is 36.0. The highest BCUT2D eigenvalue weighted by atomic mass is 16.3. The molecule has 0 aromatic rings. The molecule has 1 amide bonds. The molecule has 0 aliphatic rings. The summed E-state index contributed by atoms with van der Waals surface area (Å²) in [6.07, 6.45) is 41.2. The Morgan fingerprint density at radius 1 is 0.469 bits per heavy atom. The maximum absolute atomic E-state index is 12.5. The Morgan fingerprint density at radius 2 is 0.776 bits per heavy atom. The zero-order valence-electron chi connectivity index (χ0n) is 32.7. The maximum atomic E-state index is 12.5. The quantitative estimate of drug-likeness (QED) is 0.0325. The van der Waals surface area contributed by atoms with Crippen LogP contribution in [0, 0.1) is 0 Å². The number of aliphatic hydroxyl groups is 4. The molecule has 0 heterocycles. The number of unbranched alkanes of at least 4 members (excludes halogenated alkanes) is 29. The van der Waals surface area contributed by atoms with Crippen LogP contribution in [0.15, 0.2) is 12.2 Å². The molecule has 0 aliphatic heterocycles. The van der Waals surface area contributed by atoms with E-state index in [4.69, 9.17) is 0 Å². The van der Waals surface area contributed by atoms with Crippen LogP contribution in [0.4, 0.5) is 0 Å². The molecule has 0 aliphatic carbocycles. The average molecular weight is 696 g/mol. The molecule has 0 saturated carbocycles. The molecule has 0 radical (unpaired) electrons. The van der Waals surface area contributed by atoms with Crippen molar-refractivity contribution in [3.8, 4) is 0 Å². The molecule has 0 fully saturated rings. The van der Waals surface area contributed by atoms with Gasteiger partial charge in [0.15, 0.2) is 0 Å². The Labute approximate surface area is 304 Å². The van der Waals surface area contributed by atoms with E-state index >= 15 is 0 Å². The van der Waals surface area contributed by atoms with Gasteiger partial charge in [0.05, 0.1) is 24.9 Å². The molecule has 4 atom stereocenters. The minimum Gasteiger partial charge on any atom is -0.394 e. The van der Waals surface area contributed by atoms with Crippen molar-refractivity contribution < 1.29 is 25.2 Å². The van der Waals surface area contributed by atoms with Crippen LogP contribution in [0.1, 0.15) is 226 Å². The summed E-state index contributed by atoms with van der Waals surface area (Å²) in [5, 5.41) is 43.3. The smallest absolute Gasteiger partial charge is 0.249 e. The van der Waals surface area contributed by atoms with Crippen LogP contribution in [0.3, 0.4) is 0 Å². The fourth-order valence-electron chi connectivity index (χ4n) is 6.73. The lowest BCUT2D eigenvalue weighted by molar-refractivity contribution is -0.131. The first-order valence-corrected chi connectivity index (χ1v) is 21.6. The summed E-state index contributed by atoms with van der Waals surface area (Å²) in [6.45, 7) is 4.08. The van der Waals surface area contributed by atoms with Crippen molar-refractivity contribution >= 4 is 5.91 Å². The lowest BCUT2D eigenvalue weighted by Crippen LogP contribution is -2.48. The predicted molar refractivity (Wildman–Crippen MR) is 210 cm³/mol. The van der Waals surface area contributed by atoms with Gasteiger partial charge in [0.25, 0.3) is 0 Å². The van der Waals surface area contributed by atoms with E-state index < -0.39 is 36.9 Å². The minimum absolute atomic E-state index is 0.381. The second-order valence-electron chi connectivity index (χ2n) is 15.1. The highest BCUT2D eigenvalue weighted by Gasteiger charge is 2.22. The summed E-state index contributed by atoms with van der Waals surface area (Å²) in [6, 6.07) is -0.914. The second-order valence-corrected chi connectivity index (χ2v) is 15.1. The number of carbonyl (C=O) groups is 1. The van der Waals surface area contributed by atoms with Crippen LogP contribution in [-0.2, 0) is 4.79 Å². The average Bonchev–Trinajstić information content (AvgIpc) is 3.10. The fraction of sp³-hybridized carbons (Fsp3) is 0.930. The van der Waals surface area contributed by atoms with E-state index in [0.29, 0.717) is 12.8 Å². The molecular formula is C43H85NO5. The van der Waals surface area contributed by atoms with Crippen LogP contribution in [0.5, 0.6) is 0 Å². The number of aliphatic hydroxyl groups excluding tert-OH is 4. The molecule has 0 bridgehead atoms. The molecular weight excluding hydrogens is 610 g/mol. The molecule has 1 unspecified atom stereocenters. The van der Waals surface area contributed by atoms with Crippen LogP contribution in [0.25, 0.3) is 0 Å². The molecule has 0 spiro atoms. The van der Waals surface area contributed by atoms with Crippen molar-refractivity contribution in [1.82, 2.24) is 5.32 Å². The lowest BCUT2D eigenvalue weighted by atomic mass is 10.0. The SMILES string of the molecule is CCCCCCCCCCCCCCCCCCCCCCCC(O)C(=O)N[C@@H](CO)[C@H](O)/C=C/[C@H](O)CCCCCCCCCCCC. The summed E-state index contributed by atoms with van der Waals surface area (Å²) in [7, 11) is 0. The van der Waals surface area contributed by atoms with Gasteiger partial charge < -0.3 is 25.7 Å². The van der Waals surface area contributed by atoms with Crippen molar-refractivity contribution in [1.29, 1.82) is 0 Å².